The van der Waals surface area contributed by atoms with E-state index in [0.29, 0.717) is 21.0 Å². The van der Waals surface area contributed by atoms with Gasteiger partial charge in [-0.15, -0.1) is 0 Å². The average Bonchev–Trinajstić information content (AvgIpc) is 3.47. The Morgan fingerprint density at radius 2 is 1.66 bits per heavy atom. The lowest BCUT2D eigenvalue weighted by Gasteiger charge is -2.32. The van der Waals surface area contributed by atoms with Gasteiger partial charge in [-0.25, -0.2) is 8.42 Å². The van der Waals surface area contributed by atoms with E-state index < -0.39 is 56.9 Å². The number of hydrogen-bond acceptors (Lipinski definition) is 4. The van der Waals surface area contributed by atoms with E-state index >= 15 is 0 Å². The van der Waals surface area contributed by atoms with Crippen LogP contribution in [0.3, 0.4) is 0 Å². The molecule has 0 heterocycles. The van der Waals surface area contributed by atoms with Crippen LogP contribution in [0.25, 0.3) is 0 Å². The number of carbonyl (C=O) groups is 2. The fourth-order valence-electron chi connectivity index (χ4n) is 5.06. The van der Waals surface area contributed by atoms with E-state index in [2.05, 4.69) is 5.32 Å². The van der Waals surface area contributed by atoms with Crippen LogP contribution in [0, 0.1) is 6.92 Å². The maximum Gasteiger partial charge on any atom is 0.417 e. The van der Waals surface area contributed by atoms with Crippen LogP contribution in [-0.4, -0.2) is 43.8 Å². The molecule has 3 aromatic carbocycles. The number of sulfonamides is 1. The summed E-state index contributed by atoms with van der Waals surface area (Å²) in [6.45, 7) is 2.27. The molecule has 2 amide bonds. The summed E-state index contributed by atoms with van der Waals surface area (Å²) in [6.07, 6.45) is -1.33. The molecule has 236 valence electrons. The van der Waals surface area contributed by atoms with Gasteiger partial charge in [0.2, 0.25) is 11.8 Å². The van der Waals surface area contributed by atoms with Crippen LogP contribution in [0.5, 0.6) is 0 Å². The summed E-state index contributed by atoms with van der Waals surface area (Å²) in [7, 11) is -4.56. The third-order valence-corrected chi connectivity index (χ3v) is 9.89. The lowest BCUT2D eigenvalue weighted by atomic mass is 10.1. The van der Waals surface area contributed by atoms with Crippen molar-refractivity contribution in [1.82, 2.24) is 10.2 Å². The summed E-state index contributed by atoms with van der Waals surface area (Å²) < 4.78 is 69.9. The first kappa shape index (κ1) is 33.6. The summed E-state index contributed by atoms with van der Waals surface area (Å²) in [5.41, 5.74) is -0.341. The Labute approximate surface area is 265 Å². The van der Waals surface area contributed by atoms with E-state index in [9.17, 15) is 31.2 Å². The van der Waals surface area contributed by atoms with Crippen molar-refractivity contribution in [3.8, 4) is 0 Å². The maximum absolute atomic E-state index is 14.0. The molecular formula is C31H32Cl2F3N3O4S. The number of hydrogen-bond donors (Lipinski definition) is 1. The Balaban J connectivity index is 1.76. The maximum atomic E-state index is 14.0. The van der Waals surface area contributed by atoms with Crippen molar-refractivity contribution in [2.75, 3.05) is 10.8 Å². The van der Waals surface area contributed by atoms with Crippen LogP contribution in [-0.2, 0) is 32.3 Å². The molecule has 1 aliphatic carbocycles. The Kier molecular flexibility index (Phi) is 10.5. The first-order valence-electron chi connectivity index (χ1n) is 14.0. The van der Waals surface area contributed by atoms with Gasteiger partial charge in [-0.2, -0.15) is 13.2 Å². The Morgan fingerprint density at radius 1 is 1.00 bits per heavy atom. The summed E-state index contributed by atoms with van der Waals surface area (Å²) in [4.78, 5) is 28.3. The minimum absolute atomic E-state index is 0.0404. The number of halogens is 5. The number of anilines is 1. The number of nitrogens with zero attached hydrogens (tertiary/aromatic N) is 2. The highest BCUT2D eigenvalue weighted by molar-refractivity contribution is 7.92. The topological polar surface area (TPSA) is 86.8 Å². The van der Waals surface area contributed by atoms with Crippen LogP contribution in [0.15, 0.2) is 71.6 Å². The molecule has 44 heavy (non-hydrogen) atoms. The van der Waals surface area contributed by atoms with E-state index in [1.165, 1.54) is 36.1 Å². The zero-order valence-corrected chi connectivity index (χ0v) is 26.4. The lowest BCUT2D eigenvalue weighted by Crippen LogP contribution is -2.52. The zero-order valence-electron chi connectivity index (χ0n) is 24.1. The van der Waals surface area contributed by atoms with E-state index in [-0.39, 0.29) is 17.5 Å². The fraction of sp³-hybridized carbons (Fsp3) is 0.355. The number of carbonyl (C=O) groups excluding carboxylic acids is 2. The number of alkyl halides is 3. The molecule has 1 atom stereocenters. The molecule has 1 N–H and O–H groups in total. The van der Waals surface area contributed by atoms with Crippen LogP contribution in [0.2, 0.25) is 10.0 Å². The number of benzene rings is 3. The number of rotatable bonds is 10. The minimum Gasteiger partial charge on any atom is -0.352 e. The van der Waals surface area contributed by atoms with Crippen molar-refractivity contribution in [3.05, 3.63) is 93.5 Å². The molecule has 7 nitrogen and oxygen atoms in total. The molecule has 0 bridgehead atoms. The van der Waals surface area contributed by atoms with Crippen LogP contribution in [0.4, 0.5) is 18.9 Å². The van der Waals surface area contributed by atoms with Crippen molar-refractivity contribution >= 4 is 50.7 Å². The smallest absolute Gasteiger partial charge is 0.352 e. The second kappa shape index (κ2) is 13.8. The Bertz CT molecular complexity index is 1610. The van der Waals surface area contributed by atoms with Crippen molar-refractivity contribution in [2.24, 2.45) is 0 Å². The van der Waals surface area contributed by atoms with E-state index in [1.54, 1.807) is 31.2 Å². The standard InChI is InChI=1S/C31H32Cl2F3N3O4S/c1-20-10-13-26(14-11-20)44(42,43)39(25-12-15-28(33)27(17-25)31(34,35)36)19-29(40)38(18-22-6-5-7-23(32)16-22)21(2)30(41)37-24-8-3-4-9-24/h5-7,10-17,21,24H,3-4,8-9,18-19H2,1-2H3,(H,37,41)/t21-/m1/s1. The van der Waals surface area contributed by atoms with Crippen molar-refractivity contribution < 1.29 is 31.2 Å². The largest absolute Gasteiger partial charge is 0.417 e. The lowest BCUT2D eigenvalue weighted by molar-refractivity contribution is -0.139. The molecular weight excluding hydrogens is 638 g/mol. The van der Waals surface area contributed by atoms with Crippen LogP contribution in [0.1, 0.15) is 49.3 Å². The highest BCUT2D eigenvalue weighted by Crippen LogP contribution is 2.38. The third kappa shape index (κ3) is 8.05. The van der Waals surface area contributed by atoms with Gasteiger partial charge in [0.15, 0.2) is 0 Å². The Morgan fingerprint density at radius 3 is 2.27 bits per heavy atom. The van der Waals surface area contributed by atoms with Gasteiger partial charge in [0.05, 0.1) is 21.2 Å². The quantitative estimate of drug-likeness (QED) is 0.252. The van der Waals surface area contributed by atoms with Crippen LogP contribution >= 0.6 is 23.2 Å². The fourth-order valence-corrected chi connectivity index (χ4v) is 6.90. The van der Waals surface area contributed by atoms with E-state index in [1.807, 2.05) is 0 Å². The van der Waals surface area contributed by atoms with Gasteiger partial charge in [-0.1, -0.05) is 65.9 Å². The van der Waals surface area contributed by atoms with Crippen molar-refractivity contribution in [3.63, 3.8) is 0 Å². The van der Waals surface area contributed by atoms with E-state index in [4.69, 9.17) is 23.2 Å². The molecule has 13 heteroatoms. The van der Waals surface area contributed by atoms with Crippen LogP contribution < -0.4 is 9.62 Å². The molecule has 0 spiro atoms. The molecule has 0 unspecified atom stereocenters. The van der Waals surface area contributed by atoms with Gasteiger partial charge in [-0.3, -0.25) is 13.9 Å². The van der Waals surface area contributed by atoms with Gasteiger partial charge in [0.1, 0.15) is 12.6 Å². The monoisotopic (exact) mass is 669 g/mol. The van der Waals surface area contributed by atoms with E-state index in [0.717, 1.165) is 43.4 Å². The minimum atomic E-state index is -4.89. The molecule has 0 saturated heterocycles. The molecule has 0 radical (unpaired) electrons. The van der Waals surface area contributed by atoms with Crippen molar-refractivity contribution in [1.29, 1.82) is 0 Å². The molecule has 4 rings (SSSR count). The first-order chi connectivity index (χ1) is 20.7. The number of nitrogens with one attached hydrogen (secondary N) is 1. The summed E-state index contributed by atoms with van der Waals surface area (Å²) in [5, 5.41) is 2.72. The molecule has 1 fully saturated rings. The average molecular weight is 671 g/mol. The predicted octanol–water partition coefficient (Wildman–Crippen LogP) is 6.99. The molecule has 1 aliphatic rings. The third-order valence-electron chi connectivity index (χ3n) is 7.54. The normalized spacial score (nSPS) is 14.7. The molecule has 0 aliphatic heterocycles. The van der Waals surface area contributed by atoms with Gasteiger partial charge >= 0.3 is 6.18 Å². The summed E-state index contributed by atoms with van der Waals surface area (Å²) in [5.74, 6) is -1.23. The predicted molar refractivity (Wildman–Crippen MR) is 164 cm³/mol. The highest BCUT2D eigenvalue weighted by atomic mass is 35.5. The van der Waals surface area contributed by atoms with Gasteiger partial charge in [0.25, 0.3) is 10.0 Å². The number of aryl methyl sites for hydroxylation is 1. The molecule has 0 aromatic heterocycles. The summed E-state index contributed by atoms with van der Waals surface area (Å²) in [6, 6.07) is 13.9. The first-order valence-corrected chi connectivity index (χ1v) is 16.2. The molecule has 3 aromatic rings. The second-order valence-corrected chi connectivity index (χ2v) is 13.5. The van der Waals surface area contributed by atoms with Crippen molar-refractivity contribution in [2.45, 2.75) is 69.2 Å². The Hall–Kier alpha value is -3.28. The number of amides is 2. The van der Waals surface area contributed by atoms with Gasteiger partial charge in [0, 0.05) is 17.6 Å². The summed E-state index contributed by atoms with van der Waals surface area (Å²) >= 11 is 12.0. The highest BCUT2D eigenvalue weighted by Gasteiger charge is 2.37. The SMILES string of the molecule is Cc1ccc(S(=O)(=O)N(CC(=O)N(Cc2cccc(Cl)c2)[C@H](C)C(=O)NC2CCCC2)c2ccc(Cl)c(C(F)(F)F)c2)cc1. The molecule has 1 saturated carbocycles. The van der Waals surface area contributed by atoms with Gasteiger partial charge < -0.3 is 10.2 Å². The zero-order chi connectivity index (χ0) is 32.2. The van der Waals surface area contributed by atoms with Gasteiger partial charge in [-0.05, 0) is 74.7 Å². The second-order valence-electron chi connectivity index (χ2n) is 10.8.